The van der Waals surface area contributed by atoms with Crippen molar-refractivity contribution >= 4 is 11.6 Å². The topological polar surface area (TPSA) is 64.9 Å². The first kappa shape index (κ1) is 14.6. The van der Waals surface area contributed by atoms with Crippen molar-refractivity contribution in [2.75, 3.05) is 11.9 Å². The molecule has 0 fully saturated rings. The Morgan fingerprint density at radius 1 is 1.14 bits per heavy atom. The molecule has 0 bridgehead atoms. The second-order valence-corrected chi connectivity index (χ2v) is 4.74. The van der Waals surface area contributed by atoms with Gasteiger partial charge in [-0.05, 0) is 36.8 Å². The first-order valence-corrected chi connectivity index (χ1v) is 6.77. The highest BCUT2D eigenvalue weighted by atomic mass is 16.1. The first-order valence-electron chi connectivity index (χ1n) is 6.77. The molecule has 106 valence electrons. The van der Waals surface area contributed by atoms with Gasteiger partial charge in [-0.1, -0.05) is 30.3 Å². The first-order chi connectivity index (χ1) is 10.2. The third-order valence-electron chi connectivity index (χ3n) is 3.14. The standard InChI is InChI=1S/C17H17N3O/c1-13(15-5-3-2-4-6-15)20-17(21)12-19-16-9-7-14(11-18)8-10-16/h2-10,13,19H,12H2,1H3,(H,20,21)/t13-/m1/s1. The maximum Gasteiger partial charge on any atom is 0.239 e. The van der Waals surface area contributed by atoms with Gasteiger partial charge in [-0.25, -0.2) is 0 Å². The zero-order chi connectivity index (χ0) is 15.1. The normalized spacial score (nSPS) is 11.2. The summed E-state index contributed by atoms with van der Waals surface area (Å²) in [5.41, 5.74) is 2.49. The molecule has 2 rings (SSSR count). The van der Waals surface area contributed by atoms with E-state index in [9.17, 15) is 4.79 Å². The van der Waals surface area contributed by atoms with Crippen LogP contribution >= 0.6 is 0 Å². The number of rotatable bonds is 5. The molecule has 0 aliphatic rings. The number of nitriles is 1. The number of nitrogens with one attached hydrogen (secondary N) is 2. The maximum atomic E-state index is 11.9. The molecule has 1 atom stereocenters. The van der Waals surface area contributed by atoms with Gasteiger partial charge in [0.05, 0.1) is 24.2 Å². The highest BCUT2D eigenvalue weighted by Crippen LogP contribution is 2.11. The quantitative estimate of drug-likeness (QED) is 0.884. The van der Waals surface area contributed by atoms with Crippen LogP contribution in [0.3, 0.4) is 0 Å². The number of nitrogens with zero attached hydrogens (tertiary/aromatic N) is 1. The lowest BCUT2D eigenvalue weighted by molar-refractivity contribution is -0.120. The summed E-state index contributed by atoms with van der Waals surface area (Å²) in [5, 5.41) is 14.7. The van der Waals surface area contributed by atoms with Gasteiger partial charge >= 0.3 is 0 Å². The monoisotopic (exact) mass is 279 g/mol. The summed E-state index contributed by atoms with van der Waals surface area (Å²) in [5.74, 6) is -0.0734. The minimum atomic E-state index is -0.0734. The fraction of sp³-hybridized carbons (Fsp3) is 0.176. The maximum absolute atomic E-state index is 11.9. The van der Waals surface area contributed by atoms with Crippen molar-refractivity contribution in [2.24, 2.45) is 0 Å². The van der Waals surface area contributed by atoms with Gasteiger partial charge in [0.15, 0.2) is 0 Å². The van der Waals surface area contributed by atoms with Gasteiger partial charge < -0.3 is 10.6 Å². The predicted molar refractivity (Wildman–Crippen MR) is 82.6 cm³/mol. The predicted octanol–water partition coefficient (Wildman–Crippen LogP) is 2.85. The molecule has 2 aromatic rings. The highest BCUT2D eigenvalue weighted by Gasteiger charge is 2.08. The Labute approximate surface area is 124 Å². The molecule has 4 heteroatoms. The Balaban J connectivity index is 1.83. The number of hydrogen-bond donors (Lipinski definition) is 2. The molecule has 0 unspecified atom stereocenters. The second-order valence-electron chi connectivity index (χ2n) is 4.74. The van der Waals surface area contributed by atoms with Crippen LogP contribution in [0.25, 0.3) is 0 Å². The van der Waals surface area contributed by atoms with Crippen molar-refractivity contribution in [1.82, 2.24) is 5.32 Å². The van der Waals surface area contributed by atoms with E-state index in [1.807, 2.05) is 37.3 Å². The smallest absolute Gasteiger partial charge is 0.239 e. The third kappa shape index (κ3) is 4.36. The van der Waals surface area contributed by atoms with E-state index in [1.165, 1.54) is 0 Å². The molecule has 21 heavy (non-hydrogen) atoms. The van der Waals surface area contributed by atoms with E-state index in [4.69, 9.17) is 5.26 Å². The highest BCUT2D eigenvalue weighted by molar-refractivity contribution is 5.81. The number of carbonyl (C=O) groups excluding carboxylic acids is 1. The van der Waals surface area contributed by atoms with Crippen LogP contribution in [0.2, 0.25) is 0 Å². The molecular formula is C17H17N3O. The number of amides is 1. The third-order valence-corrected chi connectivity index (χ3v) is 3.14. The van der Waals surface area contributed by atoms with Gasteiger partial charge in [-0.2, -0.15) is 5.26 Å². The van der Waals surface area contributed by atoms with Gasteiger partial charge in [0.25, 0.3) is 0 Å². The van der Waals surface area contributed by atoms with Crippen LogP contribution in [0.4, 0.5) is 5.69 Å². The van der Waals surface area contributed by atoms with E-state index in [2.05, 4.69) is 16.7 Å². The summed E-state index contributed by atoms with van der Waals surface area (Å²) in [6.45, 7) is 2.15. The molecule has 0 saturated heterocycles. The van der Waals surface area contributed by atoms with E-state index < -0.39 is 0 Å². The average Bonchev–Trinajstić information content (AvgIpc) is 2.54. The van der Waals surface area contributed by atoms with Crippen molar-refractivity contribution in [3.8, 4) is 6.07 Å². The summed E-state index contributed by atoms with van der Waals surface area (Å²) in [4.78, 5) is 11.9. The molecule has 0 spiro atoms. The van der Waals surface area contributed by atoms with Crippen molar-refractivity contribution in [2.45, 2.75) is 13.0 Å². The fourth-order valence-corrected chi connectivity index (χ4v) is 1.96. The SMILES string of the molecule is C[C@@H](NC(=O)CNc1ccc(C#N)cc1)c1ccccc1. The molecule has 0 saturated carbocycles. The molecular weight excluding hydrogens is 262 g/mol. The molecule has 0 aliphatic heterocycles. The number of hydrogen-bond acceptors (Lipinski definition) is 3. The van der Waals surface area contributed by atoms with Crippen LogP contribution in [0.1, 0.15) is 24.1 Å². The molecule has 0 aliphatic carbocycles. The Kier molecular flexibility index (Phi) is 4.94. The van der Waals surface area contributed by atoms with Crippen molar-refractivity contribution in [3.05, 3.63) is 65.7 Å². The zero-order valence-corrected chi connectivity index (χ0v) is 11.8. The minimum Gasteiger partial charge on any atom is -0.376 e. The van der Waals surface area contributed by atoms with E-state index >= 15 is 0 Å². The molecule has 0 aromatic heterocycles. The van der Waals surface area contributed by atoms with Crippen LogP contribution in [0, 0.1) is 11.3 Å². The van der Waals surface area contributed by atoms with Crippen LogP contribution < -0.4 is 10.6 Å². The molecule has 0 radical (unpaired) electrons. The largest absolute Gasteiger partial charge is 0.376 e. The van der Waals surface area contributed by atoms with E-state index in [-0.39, 0.29) is 18.5 Å². The lowest BCUT2D eigenvalue weighted by Crippen LogP contribution is -2.32. The fourth-order valence-electron chi connectivity index (χ4n) is 1.96. The molecule has 1 amide bonds. The van der Waals surface area contributed by atoms with Crippen LogP contribution in [0.5, 0.6) is 0 Å². The molecule has 2 N–H and O–H groups in total. The van der Waals surface area contributed by atoms with Gasteiger partial charge in [-0.3, -0.25) is 4.79 Å². The van der Waals surface area contributed by atoms with Crippen molar-refractivity contribution < 1.29 is 4.79 Å². The molecule has 2 aromatic carbocycles. The van der Waals surface area contributed by atoms with Gasteiger partial charge in [0.1, 0.15) is 0 Å². The average molecular weight is 279 g/mol. The van der Waals surface area contributed by atoms with Crippen LogP contribution in [0.15, 0.2) is 54.6 Å². The lowest BCUT2D eigenvalue weighted by atomic mass is 10.1. The lowest BCUT2D eigenvalue weighted by Gasteiger charge is -2.15. The van der Waals surface area contributed by atoms with Gasteiger partial charge in [-0.15, -0.1) is 0 Å². The van der Waals surface area contributed by atoms with Crippen LogP contribution in [-0.4, -0.2) is 12.5 Å². The summed E-state index contributed by atoms with van der Waals surface area (Å²) in [7, 11) is 0. The van der Waals surface area contributed by atoms with Gasteiger partial charge in [0.2, 0.25) is 5.91 Å². The number of anilines is 1. The van der Waals surface area contributed by atoms with E-state index in [1.54, 1.807) is 24.3 Å². The van der Waals surface area contributed by atoms with Gasteiger partial charge in [0, 0.05) is 5.69 Å². The summed E-state index contributed by atoms with van der Waals surface area (Å²) < 4.78 is 0. The summed E-state index contributed by atoms with van der Waals surface area (Å²) in [6.07, 6.45) is 0. The zero-order valence-electron chi connectivity index (χ0n) is 11.8. The minimum absolute atomic E-state index is 0.0264. The van der Waals surface area contributed by atoms with Crippen LogP contribution in [-0.2, 0) is 4.79 Å². The van der Waals surface area contributed by atoms with Crippen molar-refractivity contribution in [1.29, 1.82) is 5.26 Å². The summed E-state index contributed by atoms with van der Waals surface area (Å²) in [6, 6.07) is 18.9. The Hall–Kier alpha value is -2.80. The molecule has 4 nitrogen and oxygen atoms in total. The molecule has 0 heterocycles. The Morgan fingerprint density at radius 3 is 2.43 bits per heavy atom. The van der Waals surface area contributed by atoms with E-state index in [0.717, 1.165) is 11.3 Å². The Morgan fingerprint density at radius 2 is 1.81 bits per heavy atom. The van der Waals surface area contributed by atoms with E-state index in [0.29, 0.717) is 5.56 Å². The number of carbonyl (C=O) groups is 1. The summed E-state index contributed by atoms with van der Waals surface area (Å²) >= 11 is 0. The number of benzene rings is 2. The van der Waals surface area contributed by atoms with Crippen molar-refractivity contribution in [3.63, 3.8) is 0 Å². The second kappa shape index (κ2) is 7.11. The Bertz CT molecular complexity index is 629.